The maximum Gasteiger partial charge on any atom is 0.337 e. The molecule has 2 N–H and O–H groups in total. The summed E-state index contributed by atoms with van der Waals surface area (Å²) in [6, 6.07) is 13.2. The molecule has 1 aliphatic heterocycles. The quantitative estimate of drug-likeness (QED) is 0.535. The lowest BCUT2D eigenvalue weighted by Gasteiger charge is -2.36. The van der Waals surface area contributed by atoms with E-state index in [1.807, 2.05) is 11.0 Å². The molecular formula is C22H24N4O5S. The van der Waals surface area contributed by atoms with Crippen molar-refractivity contribution >= 4 is 46.7 Å². The fourth-order valence-electron chi connectivity index (χ4n) is 3.20. The number of piperazine rings is 1. The second-order valence-corrected chi connectivity index (χ2v) is 7.37. The van der Waals surface area contributed by atoms with Crippen molar-refractivity contribution in [2.24, 2.45) is 0 Å². The number of anilines is 2. The van der Waals surface area contributed by atoms with Crippen molar-refractivity contribution < 1.29 is 23.9 Å². The van der Waals surface area contributed by atoms with Gasteiger partial charge >= 0.3 is 18.0 Å². The lowest BCUT2D eigenvalue weighted by molar-refractivity contribution is 0.0592. The topological polar surface area (TPSA) is 100 Å². The minimum Gasteiger partial charge on any atom is -0.465 e. The van der Waals surface area contributed by atoms with E-state index in [2.05, 4.69) is 10.6 Å². The molecule has 168 valence electrons. The highest BCUT2D eigenvalue weighted by Crippen LogP contribution is 2.15. The number of nitrogens with zero attached hydrogens (tertiary/aromatic N) is 2. The summed E-state index contributed by atoms with van der Waals surface area (Å²) < 4.78 is 9.44. The van der Waals surface area contributed by atoms with Crippen LogP contribution in [0.5, 0.6) is 0 Å². The molecule has 2 aromatic rings. The Morgan fingerprint density at radius 1 is 0.781 bits per heavy atom. The number of esters is 2. The first-order chi connectivity index (χ1) is 15.4. The summed E-state index contributed by atoms with van der Waals surface area (Å²) in [5, 5.41) is 6.44. The van der Waals surface area contributed by atoms with Crippen LogP contribution < -0.4 is 10.6 Å². The van der Waals surface area contributed by atoms with Crippen LogP contribution in [0.3, 0.4) is 0 Å². The Morgan fingerprint density at radius 3 is 1.75 bits per heavy atom. The number of thiocarbonyl (C=S) groups is 1. The van der Waals surface area contributed by atoms with Gasteiger partial charge < -0.3 is 29.9 Å². The number of methoxy groups -OCH3 is 2. The molecule has 1 saturated heterocycles. The lowest BCUT2D eigenvalue weighted by atomic mass is 10.2. The largest absolute Gasteiger partial charge is 0.465 e. The zero-order valence-corrected chi connectivity index (χ0v) is 18.6. The number of carbonyl (C=O) groups is 3. The van der Waals surface area contributed by atoms with Crippen LogP contribution in [0.1, 0.15) is 20.7 Å². The van der Waals surface area contributed by atoms with Gasteiger partial charge in [0.2, 0.25) is 0 Å². The molecule has 2 amide bonds. The van der Waals surface area contributed by atoms with Crippen LogP contribution in [0, 0.1) is 0 Å². The molecule has 9 nitrogen and oxygen atoms in total. The van der Waals surface area contributed by atoms with E-state index in [0.717, 1.165) is 0 Å². The first-order valence-corrected chi connectivity index (χ1v) is 10.3. The Morgan fingerprint density at radius 2 is 1.25 bits per heavy atom. The number of carbonyl (C=O) groups excluding carboxylic acids is 3. The van der Waals surface area contributed by atoms with Gasteiger partial charge in [-0.15, -0.1) is 0 Å². The van der Waals surface area contributed by atoms with Crippen molar-refractivity contribution in [1.82, 2.24) is 9.80 Å². The van der Waals surface area contributed by atoms with E-state index in [0.29, 0.717) is 53.8 Å². The van der Waals surface area contributed by atoms with Crippen molar-refractivity contribution in [1.29, 1.82) is 0 Å². The van der Waals surface area contributed by atoms with Gasteiger partial charge in [0.1, 0.15) is 0 Å². The maximum atomic E-state index is 12.6. The molecule has 10 heteroatoms. The number of nitrogens with one attached hydrogen (secondary N) is 2. The zero-order valence-electron chi connectivity index (χ0n) is 17.8. The molecule has 0 aliphatic carbocycles. The first kappa shape index (κ1) is 23.0. The van der Waals surface area contributed by atoms with Crippen LogP contribution in [0.25, 0.3) is 0 Å². The summed E-state index contributed by atoms with van der Waals surface area (Å²) >= 11 is 5.49. The van der Waals surface area contributed by atoms with Gasteiger partial charge in [0.25, 0.3) is 0 Å². The SMILES string of the molecule is COC(=O)c1cccc(NC(=O)N2CCN(C(=S)Nc3cccc(C(=O)OC)c3)CC2)c1. The smallest absolute Gasteiger partial charge is 0.337 e. The van der Waals surface area contributed by atoms with E-state index in [1.54, 1.807) is 47.4 Å². The van der Waals surface area contributed by atoms with Crippen LogP contribution >= 0.6 is 12.2 Å². The molecule has 1 fully saturated rings. The first-order valence-electron chi connectivity index (χ1n) is 9.90. The normalized spacial score (nSPS) is 13.2. The molecule has 0 spiro atoms. The summed E-state index contributed by atoms with van der Waals surface area (Å²) in [5.74, 6) is -0.885. The molecular weight excluding hydrogens is 432 g/mol. The zero-order chi connectivity index (χ0) is 23.1. The summed E-state index contributed by atoms with van der Waals surface area (Å²) in [6.07, 6.45) is 0. The van der Waals surface area contributed by atoms with Crippen LogP contribution in [0.15, 0.2) is 48.5 Å². The van der Waals surface area contributed by atoms with E-state index in [9.17, 15) is 14.4 Å². The molecule has 0 bridgehead atoms. The number of rotatable bonds is 4. The minimum absolute atomic E-state index is 0.253. The van der Waals surface area contributed by atoms with Gasteiger partial charge in [-0.25, -0.2) is 14.4 Å². The van der Waals surface area contributed by atoms with Crippen molar-refractivity contribution in [3.63, 3.8) is 0 Å². The van der Waals surface area contributed by atoms with E-state index in [-0.39, 0.29) is 6.03 Å². The summed E-state index contributed by atoms with van der Waals surface area (Å²) in [6.45, 7) is 2.06. The maximum absolute atomic E-state index is 12.6. The summed E-state index contributed by atoms with van der Waals surface area (Å²) in [7, 11) is 2.64. The Balaban J connectivity index is 1.52. The standard InChI is InChI=1S/C22H24N4O5S/c1-30-19(27)15-5-3-7-17(13-15)23-21(29)25-9-11-26(12-10-25)22(32)24-18-8-4-6-16(14-18)20(28)31-2/h3-8,13-14H,9-12H2,1-2H3,(H,23,29)(H,24,32). The van der Waals surface area contributed by atoms with Crippen molar-refractivity contribution in [3.8, 4) is 0 Å². The van der Waals surface area contributed by atoms with Crippen LogP contribution in [0.2, 0.25) is 0 Å². The second kappa shape index (κ2) is 10.6. The molecule has 32 heavy (non-hydrogen) atoms. The fourth-order valence-corrected chi connectivity index (χ4v) is 3.50. The molecule has 0 atom stereocenters. The van der Waals surface area contributed by atoms with Crippen molar-refractivity contribution in [2.45, 2.75) is 0 Å². The third kappa shape index (κ3) is 5.73. The van der Waals surface area contributed by atoms with E-state index < -0.39 is 11.9 Å². The van der Waals surface area contributed by atoms with Gasteiger partial charge in [-0.1, -0.05) is 12.1 Å². The van der Waals surface area contributed by atoms with Crippen LogP contribution in [-0.2, 0) is 9.47 Å². The molecule has 1 aliphatic rings. The number of hydrogen-bond donors (Lipinski definition) is 2. The number of amides is 2. The van der Waals surface area contributed by atoms with Crippen molar-refractivity contribution in [2.75, 3.05) is 51.0 Å². The van der Waals surface area contributed by atoms with Gasteiger partial charge in [0, 0.05) is 37.6 Å². The highest BCUT2D eigenvalue weighted by Gasteiger charge is 2.23. The van der Waals surface area contributed by atoms with Gasteiger partial charge in [-0.2, -0.15) is 0 Å². The Bertz CT molecular complexity index is 939. The van der Waals surface area contributed by atoms with Gasteiger partial charge in [0.05, 0.1) is 25.3 Å². The fraction of sp³-hybridized carbons (Fsp3) is 0.273. The number of hydrogen-bond acceptors (Lipinski definition) is 6. The predicted octanol–water partition coefficient (Wildman–Crippen LogP) is 2.81. The molecule has 2 aromatic carbocycles. The van der Waals surface area contributed by atoms with Crippen LogP contribution in [-0.4, -0.2) is 73.3 Å². The predicted molar refractivity (Wildman–Crippen MR) is 124 cm³/mol. The minimum atomic E-state index is -0.465. The summed E-state index contributed by atoms with van der Waals surface area (Å²) in [4.78, 5) is 39.6. The summed E-state index contributed by atoms with van der Waals surface area (Å²) in [5.41, 5.74) is 1.99. The number of urea groups is 1. The number of ether oxygens (including phenoxy) is 2. The average Bonchev–Trinajstić information content (AvgIpc) is 2.83. The molecule has 0 saturated carbocycles. The average molecular weight is 457 g/mol. The van der Waals surface area contributed by atoms with E-state index in [1.165, 1.54) is 14.2 Å². The monoisotopic (exact) mass is 456 g/mol. The van der Waals surface area contributed by atoms with Gasteiger partial charge in [0.15, 0.2) is 5.11 Å². The Labute approximate surface area is 191 Å². The van der Waals surface area contributed by atoms with E-state index in [4.69, 9.17) is 21.7 Å². The van der Waals surface area contributed by atoms with Gasteiger partial charge in [-0.3, -0.25) is 0 Å². The second-order valence-electron chi connectivity index (χ2n) is 6.98. The molecule has 3 rings (SSSR count). The molecule has 0 unspecified atom stereocenters. The lowest BCUT2D eigenvalue weighted by Crippen LogP contribution is -2.52. The Kier molecular flexibility index (Phi) is 7.61. The molecule has 1 heterocycles. The highest BCUT2D eigenvalue weighted by molar-refractivity contribution is 7.80. The Hall–Kier alpha value is -3.66. The third-order valence-corrected chi connectivity index (χ3v) is 5.28. The van der Waals surface area contributed by atoms with E-state index >= 15 is 0 Å². The third-order valence-electron chi connectivity index (χ3n) is 4.92. The van der Waals surface area contributed by atoms with Crippen molar-refractivity contribution in [3.05, 3.63) is 59.7 Å². The highest BCUT2D eigenvalue weighted by atomic mass is 32.1. The van der Waals surface area contributed by atoms with Gasteiger partial charge in [-0.05, 0) is 48.6 Å². The molecule has 0 aromatic heterocycles. The number of benzene rings is 2. The molecule has 0 radical (unpaired) electrons. The van der Waals surface area contributed by atoms with Crippen LogP contribution in [0.4, 0.5) is 16.2 Å².